The Labute approximate surface area is 125 Å². The molecule has 21 heavy (non-hydrogen) atoms. The molecular formula is C16H22N2O3. The van der Waals surface area contributed by atoms with Gasteiger partial charge in [0.15, 0.2) is 0 Å². The molecule has 0 spiro atoms. The molecule has 1 fully saturated rings. The maximum absolute atomic E-state index is 12.0. The van der Waals surface area contributed by atoms with Gasteiger partial charge in [-0.25, -0.2) is 0 Å². The zero-order chi connectivity index (χ0) is 15.1. The Morgan fingerprint density at radius 1 is 1.38 bits per heavy atom. The summed E-state index contributed by atoms with van der Waals surface area (Å²) in [6.07, 6.45) is 1.14. The minimum atomic E-state index is -0.231. The van der Waals surface area contributed by atoms with Crippen molar-refractivity contribution in [3.63, 3.8) is 0 Å². The van der Waals surface area contributed by atoms with Crippen LogP contribution in [0.25, 0.3) is 0 Å². The van der Waals surface area contributed by atoms with Crippen molar-refractivity contribution in [1.82, 2.24) is 10.2 Å². The summed E-state index contributed by atoms with van der Waals surface area (Å²) in [6, 6.07) is 10.1. The van der Waals surface area contributed by atoms with Gasteiger partial charge in [-0.05, 0) is 12.0 Å². The first kappa shape index (κ1) is 15.5. The molecule has 2 amide bonds. The first-order valence-electron chi connectivity index (χ1n) is 7.29. The lowest BCUT2D eigenvalue weighted by Crippen LogP contribution is -2.35. The summed E-state index contributed by atoms with van der Waals surface area (Å²) in [5.74, 6) is -0.217. The summed E-state index contributed by atoms with van der Waals surface area (Å²) in [5, 5.41) is 2.80. The first-order valence-corrected chi connectivity index (χ1v) is 7.29. The van der Waals surface area contributed by atoms with E-state index in [0.717, 1.165) is 6.42 Å². The highest BCUT2D eigenvalue weighted by Gasteiger charge is 2.33. The molecule has 0 aliphatic carbocycles. The number of likely N-dealkylation sites (tertiary alicyclic amines) is 1. The fourth-order valence-corrected chi connectivity index (χ4v) is 2.49. The maximum Gasteiger partial charge on any atom is 0.225 e. The molecule has 2 rings (SSSR count). The normalized spacial score (nSPS) is 18.0. The Kier molecular flexibility index (Phi) is 5.75. The third-order valence-corrected chi connectivity index (χ3v) is 3.70. The second-order valence-electron chi connectivity index (χ2n) is 5.26. The number of ether oxygens (including phenoxy) is 1. The van der Waals surface area contributed by atoms with Crippen LogP contribution in [0, 0.1) is 5.92 Å². The van der Waals surface area contributed by atoms with E-state index in [1.165, 1.54) is 5.56 Å². The number of nitrogens with zero attached hydrogens (tertiary/aromatic N) is 1. The molecule has 1 saturated heterocycles. The minimum absolute atomic E-state index is 0.0531. The summed E-state index contributed by atoms with van der Waals surface area (Å²) >= 11 is 0. The van der Waals surface area contributed by atoms with Gasteiger partial charge in [0, 0.05) is 33.2 Å². The molecule has 1 N–H and O–H groups in total. The van der Waals surface area contributed by atoms with Gasteiger partial charge in [0.05, 0.1) is 12.5 Å². The van der Waals surface area contributed by atoms with Gasteiger partial charge in [-0.1, -0.05) is 30.3 Å². The number of methoxy groups -OCH3 is 1. The predicted molar refractivity (Wildman–Crippen MR) is 79.7 cm³/mol. The van der Waals surface area contributed by atoms with E-state index < -0.39 is 0 Å². The molecule has 0 bridgehead atoms. The minimum Gasteiger partial charge on any atom is -0.383 e. The van der Waals surface area contributed by atoms with Crippen LogP contribution in [0.5, 0.6) is 0 Å². The van der Waals surface area contributed by atoms with Crippen LogP contribution in [-0.4, -0.2) is 50.1 Å². The lowest BCUT2D eigenvalue weighted by molar-refractivity contribution is -0.129. The van der Waals surface area contributed by atoms with Crippen LogP contribution in [0.2, 0.25) is 0 Å². The van der Waals surface area contributed by atoms with Crippen molar-refractivity contribution >= 4 is 11.8 Å². The summed E-state index contributed by atoms with van der Waals surface area (Å²) in [7, 11) is 1.59. The van der Waals surface area contributed by atoms with Gasteiger partial charge in [0.2, 0.25) is 11.8 Å². The molecule has 1 aromatic carbocycles. The average Bonchev–Trinajstić information content (AvgIpc) is 2.88. The lowest BCUT2D eigenvalue weighted by Gasteiger charge is -2.16. The van der Waals surface area contributed by atoms with Crippen LogP contribution < -0.4 is 5.32 Å². The van der Waals surface area contributed by atoms with Crippen LogP contribution >= 0.6 is 0 Å². The van der Waals surface area contributed by atoms with Gasteiger partial charge in [-0.15, -0.1) is 0 Å². The average molecular weight is 290 g/mol. The molecule has 1 atom stereocenters. The van der Waals surface area contributed by atoms with Gasteiger partial charge >= 0.3 is 0 Å². The van der Waals surface area contributed by atoms with Crippen molar-refractivity contribution < 1.29 is 14.3 Å². The van der Waals surface area contributed by atoms with E-state index in [2.05, 4.69) is 17.4 Å². The molecule has 5 nitrogen and oxygen atoms in total. The molecular weight excluding hydrogens is 268 g/mol. The number of carbonyl (C=O) groups is 2. The van der Waals surface area contributed by atoms with Crippen molar-refractivity contribution in [1.29, 1.82) is 0 Å². The number of hydrogen-bond acceptors (Lipinski definition) is 3. The Morgan fingerprint density at radius 2 is 2.14 bits per heavy atom. The fourth-order valence-electron chi connectivity index (χ4n) is 2.49. The topological polar surface area (TPSA) is 58.6 Å². The standard InChI is InChI=1S/C16H22N2O3/c1-21-10-8-17-16(20)14-11-15(19)18(12-14)9-7-13-5-3-2-4-6-13/h2-6,14H,7-12H2,1H3,(H,17,20)/t14-/m0/s1. The van der Waals surface area contributed by atoms with Crippen molar-refractivity contribution in [2.24, 2.45) is 5.92 Å². The van der Waals surface area contributed by atoms with E-state index in [-0.39, 0.29) is 17.7 Å². The van der Waals surface area contributed by atoms with E-state index in [1.54, 1.807) is 12.0 Å². The van der Waals surface area contributed by atoms with E-state index in [1.807, 2.05) is 18.2 Å². The molecule has 5 heteroatoms. The first-order chi connectivity index (χ1) is 10.2. The predicted octanol–water partition coefficient (Wildman–Crippen LogP) is 0.840. The number of benzene rings is 1. The highest BCUT2D eigenvalue weighted by atomic mass is 16.5. The number of rotatable bonds is 7. The third-order valence-electron chi connectivity index (χ3n) is 3.70. The number of carbonyl (C=O) groups excluding carboxylic acids is 2. The van der Waals surface area contributed by atoms with Gasteiger partial charge < -0.3 is 15.0 Å². The second kappa shape index (κ2) is 7.78. The Hall–Kier alpha value is -1.88. The van der Waals surface area contributed by atoms with Crippen LogP contribution in [-0.2, 0) is 20.7 Å². The van der Waals surface area contributed by atoms with Crippen molar-refractivity contribution in [3.05, 3.63) is 35.9 Å². The summed E-state index contributed by atoms with van der Waals surface area (Å²) in [5.41, 5.74) is 1.21. The third kappa shape index (κ3) is 4.56. The second-order valence-corrected chi connectivity index (χ2v) is 5.26. The van der Waals surface area contributed by atoms with Gasteiger partial charge in [0.1, 0.15) is 0 Å². The van der Waals surface area contributed by atoms with Crippen molar-refractivity contribution in [2.75, 3.05) is 33.4 Å². The van der Waals surface area contributed by atoms with Crippen LogP contribution in [0.1, 0.15) is 12.0 Å². The number of amides is 2. The Bertz CT molecular complexity index is 476. The van der Waals surface area contributed by atoms with Crippen LogP contribution in [0.15, 0.2) is 30.3 Å². The van der Waals surface area contributed by atoms with E-state index in [4.69, 9.17) is 4.74 Å². The molecule has 114 valence electrons. The molecule has 0 unspecified atom stereocenters. The van der Waals surface area contributed by atoms with Crippen LogP contribution in [0.3, 0.4) is 0 Å². The number of hydrogen-bond donors (Lipinski definition) is 1. The SMILES string of the molecule is COCCNC(=O)[C@H]1CC(=O)N(CCc2ccccc2)C1. The summed E-state index contributed by atoms with van der Waals surface area (Å²) in [6.45, 7) is 2.17. The molecule has 1 aromatic rings. The highest BCUT2D eigenvalue weighted by Crippen LogP contribution is 2.18. The smallest absolute Gasteiger partial charge is 0.225 e. The van der Waals surface area contributed by atoms with Crippen molar-refractivity contribution in [3.8, 4) is 0 Å². The highest BCUT2D eigenvalue weighted by molar-refractivity contribution is 5.89. The Balaban J connectivity index is 1.78. The molecule has 0 aromatic heterocycles. The van der Waals surface area contributed by atoms with E-state index in [9.17, 15) is 9.59 Å². The number of nitrogens with one attached hydrogen (secondary N) is 1. The molecule has 0 radical (unpaired) electrons. The van der Waals surface area contributed by atoms with Gasteiger partial charge in [-0.3, -0.25) is 9.59 Å². The lowest BCUT2D eigenvalue weighted by atomic mass is 10.1. The monoisotopic (exact) mass is 290 g/mol. The van der Waals surface area contributed by atoms with Gasteiger partial charge in [-0.2, -0.15) is 0 Å². The largest absolute Gasteiger partial charge is 0.383 e. The maximum atomic E-state index is 12.0. The summed E-state index contributed by atoms with van der Waals surface area (Å²) < 4.78 is 4.89. The molecule has 1 aliphatic heterocycles. The molecule has 1 heterocycles. The molecule has 0 saturated carbocycles. The zero-order valence-electron chi connectivity index (χ0n) is 12.4. The molecule has 1 aliphatic rings. The Morgan fingerprint density at radius 3 is 2.86 bits per heavy atom. The van der Waals surface area contributed by atoms with Crippen LogP contribution in [0.4, 0.5) is 0 Å². The summed E-state index contributed by atoms with van der Waals surface area (Å²) in [4.78, 5) is 25.7. The zero-order valence-corrected chi connectivity index (χ0v) is 12.4. The van der Waals surface area contributed by atoms with Crippen molar-refractivity contribution in [2.45, 2.75) is 12.8 Å². The fraction of sp³-hybridized carbons (Fsp3) is 0.500. The van der Waals surface area contributed by atoms with E-state index in [0.29, 0.717) is 32.7 Å². The van der Waals surface area contributed by atoms with E-state index >= 15 is 0 Å². The van der Waals surface area contributed by atoms with Gasteiger partial charge in [0.25, 0.3) is 0 Å². The quantitative estimate of drug-likeness (QED) is 0.757.